The number of esters is 2. The summed E-state index contributed by atoms with van der Waals surface area (Å²) >= 11 is 1.16. The van der Waals surface area contributed by atoms with Crippen molar-refractivity contribution in [2.24, 2.45) is 0 Å². The van der Waals surface area contributed by atoms with Gasteiger partial charge in [-0.1, -0.05) is 68.7 Å². The molecule has 212 valence electrons. The molecule has 1 aliphatic heterocycles. The highest BCUT2D eigenvalue weighted by Crippen LogP contribution is 2.37. The largest absolute Gasteiger partial charge is 0.475 e. The summed E-state index contributed by atoms with van der Waals surface area (Å²) in [6.07, 6.45) is 6.95. The van der Waals surface area contributed by atoms with Gasteiger partial charge in [0, 0.05) is 24.5 Å². The van der Waals surface area contributed by atoms with Gasteiger partial charge in [-0.05, 0) is 24.6 Å². The fourth-order valence-corrected chi connectivity index (χ4v) is 5.54. The highest BCUT2D eigenvalue weighted by molar-refractivity contribution is 6.99. The van der Waals surface area contributed by atoms with Crippen molar-refractivity contribution in [3.63, 3.8) is 0 Å². The fraction of sp³-hybridized carbons (Fsp3) is 0.419. The molecule has 0 saturated heterocycles. The van der Waals surface area contributed by atoms with E-state index in [2.05, 4.69) is 28.8 Å². The van der Waals surface area contributed by atoms with Crippen LogP contribution in [0.3, 0.4) is 0 Å². The summed E-state index contributed by atoms with van der Waals surface area (Å²) in [6, 6.07) is 16.9. The minimum absolute atomic E-state index is 0.0124. The number of hydrogen-bond donors (Lipinski definition) is 0. The Bertz CT molecular complexity index is 1310. The number of carbonyl (C=O) groups is 2. The molecule has 40 heavy (non-hydrogen) atoms. The summed E-state index contributed by atoms with van der Waals surface area (Å²) in [5.41, 5.74) is 3.34. The standard InChI is InChI=1S/C31H38N3O5S/c1-4-5-6-12-20-37-30-29(32-40-33-30)26-17-13-19-34(3,22-26)31(24-14-8-7-9-15-24)39-28(36)21-25-16-10-11-18-27(25)38-23(2)35/h7-11,14-18,31H,4-6,12-13,19-22H2,1-3H3/q+1. The Morgan fingerprint density at radius 1 is 1.02 bits per heavy atom. The number of carbonyl (C=O) groups excluding carboxylic acids is 2. The van der Waals surface area contributed by atoms with E-state index in [0.29, 0.717) is 34.8 Å². The first-order valence-corrected chi connectivity index (χ1v) is 14.6. The first kappa shape index (κ1) is 29.4. The zero-order valence-corrected chi connectivity index (χ0v) is 24.3. The summed E-state index contributed by atoms with van der Waals surface area (Å²) in [5, 5.41) is 0. The van der Waals surface area contributed by atoms with Crippen LogP contribution in [0.15, 0.2) is 60.7 Å². The van der Waals surface area contributed by atoms with Gasteiger partial charge in [-0.15, -0.1) is 4.37 Å². The highest BCUT2D eigenvalue weighted by Gasteiger charge is 2.40. The number of nitrogens with zero attached hydrogens (tertiary/aromatic N) is 3. The van der Waals surface area contributed by atoms with Crippen LogP contribution in [-0.2, 0) is 20.7 Å². The van der Waals surface area contributed by atoms with Crippen LogP contribution in [0, 0.1) is 0 Å². The van der Waals surface area contributed by atoms with E-state index >= 15 is 0 Å². The summed E-state index contributed by atoms with van der Waals surface area (Å²) in [7, 11) is 2.11. The lowest BCUT2D eigenvalue weighted by Crippen LogP contribution is -2.51. The van der Waals surface area contributed by atoms with E-state index in [4.69, 9.17) is 14.2 Å². The van der Waals surface area contributed by atoms with E-state index in [-0.39, 0.29) is 6.42 Å². The number of para-hydroxylation sites is 1. The van der Waals surface area contributed by atoms with Crippen LogP contribution < -0.4 is 9.47 Å². The Kier molecular flexibility index (Phi) is 10.4. The van der Waals surface area contributed by atoms with Gasteiger partial charge in [-0.3, -0.25) is 14.1 Å². The monoisotopic (exact) mass is 564 g/mol. The zero-order chi connectivity index (χ0) is 28.4. The molecule has 9 heteroatoms. The molecule has 1 aromatic heterocycles. The molecule has 0 fully saturated rings. The van der Waals surface area contributed by atoms with Gasteiger partial charge in [0.15, 0.2) is 0 Å². The first-order valence-electron chi connectivity index (χ1n) is 13.9. The van der Waals surface area contributed by atoms with Crippen molar-refractivity contribution in [1.29, 1.82) is 0 Å². The zero-order valence-electron chi connectivity index (χ0n) is 23.5. The van der Waals surface area contributed by atoms with Crippen molar-refractivity contribution in [3.8, 4) is 11.6 Å². The van der Waals surface area contributed by atoms with E-state index in [0.717, 1.165) is 54.4 Å². The van der Waals surface area contributed by atoms with Crippen LogP contribution in [0.4, 0.5) is 0 Å². The van der Waals surface area contributed by atoms with Crippen molar-refractivity contribution in [1.82, 2.24) is 8.75 Å². The summed E-state index contributed by atoms with van der Waals surface area (Å²) in [4.78, 5) is 24.9. The molecule has 0 aliphatic carbocycles. The number of ether oxygens (including phenoxy) is 3. The SMILES string of the molecule is CCCCCCOc1nsnc1C1=CCC[N+](C)(C(OC(=O)Cc2ccccc2OC(C)=O)c2ccccc2)C1. The van der Waals surface area contributed by atoms with Gasteiger partial charge in [0.05, 0.1) is 43.9 Å². The van der Waals surface area contributed by atoms with E-state index in [1.165, 1.54) is 19.8 Å². The normalized spacial score (nSPS) is 17.5. The van der Waals surface area contributed by atoms with Crippen LogP contribution in [0.25, 0.3) is 5.57 Å². The van der Waals surface area contributed by atoms with Crippen LogP contribution in [0.1, 0.15) is 69.0 Å². The second kappa shape index (κ2) is 14.2. The van der Waals surface area contributed by atoms with Gasteiger partial charge >= 0.3 is 11.9 Å². The van der Waals surface area contributed by atoms with Crippen molar-refractivity contribution in [2.45, 2.75) is 58.6 Å². The molecule has 2 heterocycles. The van der Waals surface area contributed by atoms with E-state index < -0.39 is 18.2 Å². The first-order chi connectivity index (χ1) is 19.4. The molecule has 1 aliphatic rings. The molecule has 0 saturated carbocycles. The van der Waals surface area contributed by atoms with Gasteiger partial charge < -0.3 is 14.2 Å². The maximum Gasteiger partial charge on any atom is 0.315 e. The molecule has 0 radical (unpaired) electrons. The summed E-state index contributed by atoms with van der Waals surface area (Å²) < 4.78 is 27.0. The summed E-state index contributed by atoms with van der Waals surface area (Å²) in [6.45, 7) is 5.54. The second-order valence-electron chi connectivity index (χ2n) is 10.3. The molecule has 0 amide bonds. The second-order valence-corrected chi connectivity index (χ2v) is 10.9. The highest BCUT2D eigenvalue weighted by atomic mass is 32.1. The van der Waals surface area contributed by atoms with E-state index in [9.17, 15) is 9.59 Å². The molecule has 0 N–H and O–H groups in total. The molecular weight excluding hydrogens is 526 g/mol. The molecule has 4 rings (SSSR count). The average molecular weight is 565 g/mol. The predicted molar refractivity (Wildman–Crippen MR) is 155 cm³/mol. The minimum atomic E-state index is -0.539. The van der Waals surface area contributed by atoms with Crippen molar-refractivity contribution in [2.75, 3.05) is 26.7 Å². The predicted octanol–water partition coefficient (Wildman–Crippen LogP) is 6.14. The van der Waals surface area contributed by atoms with Crippen molar-refractivity contribution in [3.05, 3.63) is 77.5 Å². The lowest BCUT2D eigenvalue weighted by molar-refractivity contribution is -0.953. The van der Waals surface area contributed by atoms with Gasteiger partial charge in [0.1, 0.15) is 18.0 Å². The van der Waals surface area contributed by atoms with Crippen molar-refractivity contribution < 1.29 is 28.3 Å². The lowest BCUT2D eigenvalue weighted by Gasteiger charge is -2.42. The molecular formula is C31H38N3O5S+. The Morgan fingerprint density at radius 3 is 2.58 bits per heavy atom. The molecule has 8 nitrogen and oxygen atoms in total. The Morgan fingerprint density at radius 2 is 1.80 bits per heavy atom. The Labute approximate surface area is 240 Å². The molecule has 0 spiro atoms. The van der Waals surface area contributed by atoms with E-state index in [1.54, 1.807) is 18.2 Å². The van der Waals surface area contributed by atoms with Gasteiger partial charge in [0.25, 0.3) is 12.1 Å². The average Bonchev–Trinajstić information content (AvgIpc) is 3.41. The third-order valence-corrected chi connectivity index (χ3v) is 7.53. The molecule has 0 bridgehead atoms. The number of quaternary nitrogens is 1. The Balaban J connectivity index is 1.52. The maximum absolute atomic E-state index is 13.3. The molecule has 3 aromatic rings. The van der Waals surface area contributed by atoms with Crippen molar-refractivity contribution >= 4 is 29.2 Å². The van der Waals surface area contributed by atoms with Crippen LogP contribution >= 0.6 is 11.7 Å². The number of likely N-dealkylation sites (N-methyl/N-ethyl adjacent to an activating group) is 1. The number of benzene rings is 2. The van der Waals surface area contributed by atoms with E-state index in [1.807, 2.05) is 36.4 Å². The molecule has 2 atom stereocenters. The lowest BCUT2D eigenvalue weighted by atomic mass is 10.0. The number of aromatic nitrogens is 2. The minimum Gasteiger partial charge on any atom is -0.475 e. The Hall–Kier alpha value is -3.56. The van der Waals surface area contributed by atoms with Gasteiger partial charge in [-0.25, -0.2) is 0 Å². The smallest absolute Gasteiger partial charge is 0.315 e. The third kappa shape index (κ3) is 7.76. The number of rotatable bonds is 13. The maximum atomic E-state index is 13.3. The van der Waals surface area contributed by atoms with Gasteiger partial charge in [-0.2, -0.15) is 4.37 Å². The van der Waals surface area contributed by atoms with Gasteiger partial charge in [0.2, 0.25) is 0 Å². The molecule has 2 unspecified atom stereocenters. The quantitative estimate of drug-likeness (QED) is 0.107. The topological polar surface area (TPSA) is 87.6 Å². The van der Waals surface area contributed by atoms with Crippen LogP contribution in [0.5, 0.6) is 11.6 Å². The number of unbranched alkanes of at least 4 members (excludes halogenated alkanes) is 3. The fourth-order valence-electron chi connectivity index (χ4n) is 5.01. The van der Waals surface area contributed by atoms with Crippen LogP contribution in [-0.4, -0.2) is 51.9 Å². The molecule has 2 aromatic carbocycles. The number of hydrogen-bond acceptors (Lipinski definition) is 8. The third-order valence-electron chi connectivity index (χ3n) is 7.02. The van der Waals surface area contributed by atoms with Crippen LogP contribution in [0.2, 0.25) is 0 Å². The summed E-state index contributed by atoms with van der Waals surface area (Å²) in [5.74, 6) is 0.117.